The minimum atomic E-state index is -0.210. The van der Waals surface area contributed by atoms with Crippen LogP contribution < -0.4 is 4.74 Å². The lowest BCUT2D eigenvalue weighted by molar-refractivity contribution is 0.186. The van der Waals surface area contributed by atoms with Crippen LogP contribution in [0.3, 0.4) is 0 Å². The highest BCUT2D eigenvalue weighted by Gasteiger charge is 2.42. The Labute approximate surface area is 106 Å². The molecular weight excluding hydrogens is 239 g/mol. The SMILES string of the molecule is CC1(Cl)CCCC2c3c(F)cccc3O[C@@H]2C1. The van der Waals surface area contributed by atoms with Crippen molar-refractivity contribution in [3.8, 4) is 5.75 Å². The molecule has 2 aliphatic rings. The van der Waals surface area contributed by atoms with E-state index in [1.807, 2.05) is 6.07 Å². The van der Waals surface area contributed by atoms with Crippen LogP contribution in [0.1, 0.15) is 44.1 Å². The van der Waals surface area contributed by atoms with Gasteiger partial charge in [0.1, 0.15) is 17.7 Å². The summed E-state index contributed by atoms with van der Waals surface area (Å²) >= 11 is 6.45. The molecule has 3 atom stereocenters. The summed E-state index contributed by atoms with van der Waals surface area (Å²) in [5, 5.41) is 0. The van der Waals surface area contributed by atoms with Crippen LogP contribution >= 0.6 is 11.6 Å². The zero-order valence-corrected chi connectivity index (χ0v) is 10.6. The first-order valence-corrected chi connectivity index (χ1v) is 6.59. The van der Waals surface area contributed by atoms with E-state index in [0.29, 0.717) is 0 Å². The molecule has 0 saturated heterocycles. The number of benzene rings is 1. The predicted molar refractivity (Wildman–Crippen MR) is 66.3 cm³/mol. The first kappa shape index (κ1) is 11.3. The zero-order chi connectivity index (χ0) is 12.0. The van der Waals surface area contributed by atoms with Gasteiger partial charge in [0, 0.05) is 22.8 Å². The Morgan fingerprint density at radius 3 is 3.12 bits per heavy atom. The van der Waals surface area contributed by atoms with E-state index in [4.69, 9.17) is 16.3 Å². The van der Waals surface area contributed by atoms with Crippen LogP contribution in [0.4, 0.5) is 4.39 Å². The molecular formula is C14H16ClFO. The molecule has 1 aromatic carbocycles. The van der Waals surface area contributed by atoms with Gasteiger partial charge in [-0.2, -0.15) is 0 Å². The lowest BCUT2D eigenvalue weighted by atomic mass is 9.90. The number of hydrogen-bond donors (Lipinski definition) is 0. The maximum Gasteiger partial charge on any atom is 0.130 e. The van der Waals surface area contributed by atoms with E-state index < -0.39 is 0 Å². The van der Waals surface area contributed by atoms with Crippen LogP contribution in [0.15, 0.2) is 18.2 Å². The van der Waals surface area contributed by atoms with Crippen molar-refractivity contribution in [1.29, 1.82) is 0 Å². The second-order valence-electron chi connectivity index (χ2n) is 5.42. The third-order valence-electron chi connectivity index (χ3n) is 3.95. The van der Waals surface area contributed by atoms with Crippen molar-refractivity contribution in [1.82, 2.24) is 0 Å². The third kappa shape index (κ3) is 1.93. The number of halogens is 2. The van der Waals surface area contributed by atoms with Gasteiger partial charge in [-0.05, 0) is 31.9 Å². The molecule has 0 bridgehead atoms. The van der Waals surface area contributed by atoms with Crippen LogP contribution in [0.5, 0.6) is 5.75 Å². The first-order valence-electron chi connectivity index (χ1n) is 6.21. The van der Waals surface area contributed by atoms with E-state index in [2.05, 4.69) is 6.92 Å². The maximum absolute atomic E-state index is 13.9. The van der Waals surface area contributed by atoms with Gasteiger partial charge in [0.15, 0.2) is 0 Å². The lowest BCUT2D eigenvalue weighted by Crippen LogP contribution is -2.26. The van der Waals surface area contributed by atoms with Crippen LogP contribution in [-0.4, -0.2) is 11.0 Å². The summed E-state index contributed by atoms with van der Waals surface area (Å²) in [7, 11) is 0. The summed E-state index contributed by atoms with van der Waals surface area (Å²) in [6, 6.07) is 5.09. The zero-order valence-electron chi connectivity index (χ0n) is 9.88. The topological polar surface area (TPSA) is 9.23 Å². The van der Waals surface area contributed by atoms with E-state index in [-0.39, 0.29) is 22.7 Å². The number of hydrogen-bond acceptors (Lipinski definition) is 1. The molecule has 2 unspecified atom stereocenters. The normalized spacial score (nSPS) is 35.7. The van der Waals surface area contributed by atoms with Crippen molar-refractivity contribution < 1.29 is 9.13 Å². The molecule has 1 nitrogen and oxygen atoms in total. The summed E-state index contributed by atoms with van der Waals surface area (Å²) in [5.74, 6) is 0.773. The van der Waals surface area contributed by atoms with Gasteiger partial charge in [0.25, 0.3) is 0 Å². The highest BCUT2D eigenvalue weighted by molar-refractivity contribution is 6.23. The van der Waals surface area contributed by atoms with E-state index in [1.54, 1.807) is 6.07 Å². The van der Waals surface area contributed by atoms with E-state index >= 15 is 0 Å². The molecule has 1 aliphatic heterocycles. The Bertz CT molecular complexity index is 444. The molecule has 1 aliphatic carbocycles. The third-order valence-corrected chi connectivity index (χ3v) is 4.29. The predicted octanol–water partition coefficient (Wildman–Crippen LogP) is 4.24. The van der Waals surface area contributed by atoms with Gasteiger partial charge < -0.3 is 4.74 Å². The van der Waals surface area contributed by atoms with Crippen molar-refractivity contribution in [2.45, 2.75) is 49.5 Å². The van der Waals surface area contributed by atoms with Gasteiger partial charge in [0.2, 0.25) is 0 Å². The minimum absolute atomic E-state index is 0.0481. The maximum atomic E-state index is 13.9. The summed E-state index contributed by atoms with van der Waals surface area (Å²) in [6.45, 7) is 2.06. The molecule has 0 spiro atoms. The number of rotatable bonds is 0. The molecule has 3 heteroatoms. The molecule has 17 heavy (non-hydrogen) atoms. The summed E-state index contributed by atoms with van der Waals surface area (Å²) in [4.78, 5) is -0.210. The molecule has 0 radical (unpaired) electrons. The summed E-state index contributed by atoms with van der Waals surface area (Å²) in [5.41, 5.74) is 0.770. The van der Waals surface area contributed by atoms with Crippen molar-refractivity contribution in [3.05, 3.63) is 29.6 Å². The molecule has 0 amide bonds. The standard InChI is InChI=1S/C14H16ClFO/c1-14(15)7-3-4-9-12(8-14)17-11-6-2-5-10(16)13(9)11/h2,5-6,9,12H,3-4,7-8H2,1H3/t9?,12-,14?/m1/s1. The fraction of sp³-hybridized carbons (Fsp3) is 0.571. The Hall–Kier alpha value is -0.760. The Morgan fingerprint density at radius 1 is 1.47 bits per heavy atom. The monoisotopic (exact) mass is 254 g/mol. The molecule has 1 fully saturated rings. The quantitative estimate of drug-likeness (QED) is 0.629. The number of ether oxygens (including phenoxy) is 1. The largest absolute Gasteiger partial charge is 0.489 e. The van der Waals surface area contributed by atoms with Crippen molar-refractivity contribution in [2.24, 2.45) is 0 Å². The fourth-order valence-electron chi connectivity index (χ4n) is 3.14. The number of alkyl halides is 1. The summed E-state index contributed by atoms with van der Waals surface area (Å²) in [6.07, 6.45) is 3.84. The molecule has 92 valence electrons. The molecule has 0 aromatic heterocycles. The van der Waals surface area contributed by atoms with Gasteiger partial charge in [-0.15, -0.1) is 11.6 Å². The van der Waals surface area contributed by atoms with Crippen LogP contribution in [0.25, 0.3) is 0 Å². The fourth-order valence-corrected chi connectivity index (χ4v) is 3.42. The lowest BCUT2D eigenvalue weighted by Gasteiger charge is -2.23. The van der Waals surface area contributed by atoms with Gasteiger partial charge in [-0.25, -0.2) is 4.39 Å². The average molecular weight is 255 g/mol. The average Bonchev–Trinajstić information content (AvgIpc) is 2.49. The second kappa shape index (κ2) is 3.88. The smallest absolute Gasteiger partial charge is 0.130 e. The highest BCUT2D eigenvalue weighted by Crippen LogP contribution is 2.48. The molecule has 1 saturated carbocycles. The van der Waals surface area contributed by atoms with Gasteiger partial charge in [-0.3, -0.25) is 0 Å². The van der Waals surface area contributed by atoms with Crippen LogP contribution in [-0.2, 0) is 0 Å². The van der Waals surface area contributed by atoms with Crippen molar-refractivity contribution in [2.75, 3.05) is 0 Å². The van der Waals surface area contributed by atoms with E-state index in [9.17, 15) is 4.39 Å². The van der Waals surface area contributed by atoms with E-state index in [0.717, 1.165) is 37.0 Å². The van der Waals surface area contributed by atoms with Crippen LogP contribution in [0, 0.1) is 5.82 Å². The van der Waals surface area contributed by atoms with Gasteiger partial charge >= 0.3 is 0 Å². The van der Waals surface area contributed by atoms with E-state index in [1.165, 1.54) is 6.07 Å². The molecule has 1 heterocycles. The highest BCUT2D eigenvalue weighted by atomic mass is 35.5. The molecule has 0 N–H and O–H groups in total. The summed E-state index contributed by atoms with van der Waals surface area (Å²) < 4.78 is 19.8. The van der Waals surface area contributed by atoms with Gasteiger partial charge in [-0.1, -0.05) is 12.5 Å². The Kier molecular flexibility index (Phi) is 2.58. The Balaban J connectivity index is 1.98. The van der Waals surface area contributed by atoms with Crippen molar-refractivity contribution >= 4 is 11.6 Å². The Morgan fingerprint density at radius 2 is 2.29 bits per heavy atom. The van der Waals surface area contributed by atoms with Gasteiger partial charge in [0.05, 0.1) is 0 Å². The second-order valence-corrected chi connectivity index (χ2v) is 6.34. The molecule has 1 aromatic rings. The minimum Gasteiger partial charge on any atom is -0.489 e. The first-order chi connectivity index (χ1) is 8.07. The van der Waals surface area contributed by atoms with Crippen molar-refractivity contribution in [3.63, 3.8) is 0 Å². The van der Waals surface area contributed by atoms with Crippen LogP contribution in [0.2, 0.25) is 0 Å². The molecule has 3 rings (SSSR count). The number of fused-ring (bicyclic) bond motifs is 3.